The minimum atomic E-state index is -0.604. The molecule has 7 nitrogen and oxygen atoms in total. The quantitative estimate of drug-likeness (QED) is 0.708. The minimum Gasteiger partial charge on any atom is -0.465 e. The maximum atomic E-state index is 12.5. The van der Waals surface area contributed by atoms with E-state index >= 15 is 0 Å². The van der Waals surface area contributed by atoms with Gasteiger partial charge in [0, 0.05) is 43.3 Å². The van der Waals surface area contributed by atoms with Gasteiger partial charge in [-0.2, -0.15) is 0 Å². The Hall–Kier alpha value is -3.06. The van der Waals surface area contributed by atoms with Gasteiger partial charge < -0.3 is 19.3 Å². The SMILES string of the molecule is COC(=O)C1=C(C(=O)OC)N(c2ccc(N3CCN4CCCC4C3)cc2)C=CC=C1. The summed E-state index contributed by atoms with van der Waals surface area (Å²) in [6.07, 6.45) is 9.33. The summed E-state index contributed by atoms with van der Waals surface area (Å²) in [6.45, 7) is 4.39. The number of carbonyl (C=O) groups excluding carboxylic acids is 2. The highest BCUT2D eigenvalue weighted by atomic mass is 16.5. The number of hydrogen-bond donors (Lipinski definition) is 0. The van der Waals surface area contributed by atoms with Crippen LogP contribution in [0.3, 0.4) is 0 Å². The summed E-state index contributed by atoms with van der Waals surface area (Å²) in [5.74, 6) is -1.19. The molecule has 3 aliphatic rings. The molecule has 1 unspecified atom stereocenters. The van der Waals surface area contributed by atoms with Gasteiger partial charge in [-0.25, -0.2) is 9.59 Å². The van der Waals surface area contributed by atoms with Crippen LogP contribution in [0.2, 0.25) is 0 Å². The first-order chi connectivity index (χ1) is 14.6. The highest BCUT2D eigenvalue weighted by Crippen LogP contribution is 2.30. The van der Waals surface area contributed by atoms with Gasteiger partial charge in [0.1, 0.15) is 5.70 Å². The van der Waals surface area contributed by atoms with Gasteiger partial charge in [-0.3, -0.25) is 4.90 Å². The molecule has 158 valence electrons. The van der Waals surface area contributed by atoms with Crippen LogP contribution < -0.4 is 9.80 Å². The van der Waals surface area contributed by atoms with Crippen molar-refractivity contribution in [3.8, 4) is 0 Å². The number of allylic oxidation sites excluding steroid dienone is 2. The van der Waals surface area contributed by atoms with Crippen molar-refractivity contribution in [3.63, 3.8) is 0 Å². The maximum absolute atomic E-state index is 12.5. The van der Waals surface area contributed by atoms with E-state index < -0.39 is 11.9 Å². The molecular weight excluding hydrogens is 382 g/mol. The van der Waals surface area contributed by atoms with Crippen LogP contribution in [-0.2, 0) is 19.1 Å². The van der Waals surface area contributed by atoms with Crippen LogP contribution in [0.25, 0.3) is 0 Å². The molecule has 1 aromatic carbocycles. The smallest absolute Gasteiger partial charge is 0.355 e. The molecule has 1 aromatic rings. The van der Waals surface area contributed by atoms with E-state index in [1.54, 1.807) is 29.3 Å². The third-order valence-corrected chi connectivity index (χ3v) is 5.97. The number of methoxy groups -OCH3 is 2. The normalized spacial score (nSPS) is 21.5. The lowest BCUT2D eigenvalue weighted by atomic mass is 10.1. The Labute approximate surface area is 176 Å². The number of nitrogens with zero attached hydrogens (tertiary/aromatic N) is 3. The molecule has 0 aromatic heterocycles. The van der Waals surface area contributed by atoms with Gasteiger partial charge in [0.15, 0.2) is 0 Å². The van der Waals surface area contributed by atoms with E-state index in [1.165, 1.54) is 39.3 Å². The first kappa shape index (κ1) is 20.2. The second-order valence-corrected chi connectivity index (χ2v) is 7.61. The lowest BCUT2D eigenvalue weighted by Crippen LogP contribution is -2.50. The zero-order valence-electron chi connectivity index (χ0n) is 17.4. The second-order valence-electron chi connectivity index (χ2n) is 7.61. The molecule has 0 N–H and O–H groups in total. The molecule has 0 bridgehead atoms. The summed E-state index contributed by atoms with van der Waals surface area (Å²) in [6, 6.07) is 8.71. The molecule has 2 saturated heterocycles. The van der Waals surface area contributed by atoms with Crippen LogP contribution in [0.4, 0.5) is 11.4 Å². The van der Waals surface area contributed by atoms with Crippen molar-refractivity contribution < 1.29 is 19.1 Å². The van der Waals surface area contributed by atoms with Gasteiger partial charge in [-0.15, -0.1) is 0 Å². The van der Waals surface area contributed by atoms with Gasteiger partial charge in [0.2, 0.25) is 0 Å². The number of benzene rings is 1. The van der Waals surface area contributed by atoms with E-state index in [4.69, 9.17) is 9.47 Å². The fourth-order valence-electron chi connectivity index (χ4n) is 4.42. The molecule has 3 heterocycles. The Morgan fingerprint density at radius 1 is 0.933 bits per heavy atom. The fraction of sp³-hybridized carbons (Fsp3) is 0.391. The lowest BCUT2D eigenvalue weighted by Gasteiger charge is -2.39. The number of anilines is 2. The molecular formula is C23H27N3O4. The van der Waals surface area contributed by atoms with E-state index in [1.807, 2.05) is 12.1 Å². The third kappa shape index (κ3) is 3.85. The van der Waals surface area contributed by atoms with Gasteiger partial charge in [0.25, 0.3) is 0 Å². The molecule has 1 atom stereocenters. The summed E-state index contributed by atoms with van der Waals surface area (Å²) >= 11 is 0. The molecule has 0 amide bonds. The van der Waals surface area contributed by atoms with Gasteiger partial charge in [-0.1, -0.05) is 6.08 Å². The average molecular weight is 409 g/mol. The summed E-state index contributed by atoms with van der Waals surface area (Å²) < 4.78 is 9.82. The highest BCUT2D eigenvalue weighted by molar-refractivity contribution is 6.05. The van der Waals surface area contributed by atoms with Crippen LogP contribution in [-0.4, -0.2) is 63.3 Å². The molecule has 0 saturated carbocycles. The van der Waals surface area contributed by atoms with Crippen LogP contribution >= 0.6 is 0 Å². The number of ether oxygens (including phenoxy) is 2. The summed E-state index contributed by atoms with van der Waals surface area (Å²) in [5.41, 5.74) is 2.21. The molecule has 2 fully saturated rings. The predicted molar refractivity (Wildman–Crippen MR) is 115 cm³/mol. The van der Waals surface area contributed by atoms with Crippen molar-refractivity contribution >= 4 is 23.3 Å². The minimum absolute atomic E-state index is 0.127. The van der Waals surface area contributed by atoms with E-state index in [0.717, 1.165) is 25.3 Å². The summed E-state index contributed by atoms with van der Waals surface area (Å²) in [4.78, 5) is 31.5. The van der Waals surface area contributed by atoms with Crippen molar-refractivity contribution in [2.75, 3.05) is 50.2 Å². The number of carbonyl (C=O) groups is 2. The number of hydrogen-bond acceptors (Lipinski definition) is 7. The Balaban J connectivity index is 1.62. The van der Waals surface area contributed by atoms with Crippen molar-refractivity contribution in [3.05, 3.63) is 60.0 Å². The highest BCUT2D eigenvalue weighted by Gasteiger charge is 2.31. The number of esters is 2. The molecule has 0 aliphatic carbocycles. The first-order valence-corrected chi connectivity index (χ1v) is 10.3. The van der Waals surface area contributed by atoms with Gasteiger partial charge >= 0.3 is 11.9 Å². The maximum Gasteiger partial charge on any atom is 0.355 e. The lowest BCUT2D eigenvalue weighted by molar-refractivity contribution is -0.139. The Morgan fingerprint density at radius 3 is 2.40 bits per heavy atom. The van der Waals surface area contributed by atoms with E-state index in [0.29, 0.717) is 6.04 Å². The van der Waals surface area contributed by atoms with E-state index in [9.17, 15) is 9.59 Å². The molecule has 3 aliphatic heterocycles. The fourth-order valence-corrected chi connectivity index (χ4v) is 4.42. The zero-order chi connectivity index (χ0) is 21.1. The number of fused-ring (bicyclic) bond motifs is 1. The first-order valence-electron chi connectivity index (χ1n) is 10.3. The summed E-state index contributed by atoms with van der Waals surface area (Å²) in [5, 5.41) is 0. The van der Waals surface area contributed by atoms with Crippen LogP contribution in [0, 0.1) is 0 Å². The van der Waals surface area contributed by atoms with E-state index in [2.05, 4.69) is 21.9 Å². The van der Waals surface area contributed by atoms with Crippen LogP contribution in [0.1, 0.15) is 12.8 Å². The van der Waals surface area contributed by atoms with Crippen molar-refractivity contribution in [1.82, 2.24) is 4.90 Å². The summed E-state index contributed by atoms with van der Waals surface area (Å²) in [7, 11) is 2.59. The number of rotatable bonds is 4. The van der Waals surface area contributed by atoms with Crippen molar-refractivity contribution in [2.24, 2.45) is 0 Å². The Bertz CT molecular complexity index is 904. The monoisotopic (exact) mass is 409 g/mol. The van der Waals surface area contributed by atoms with Crippen molar-refractivity contribution in [1.29, 1.82) is 0 Å². The van der Waals surface area contributed by atoms with Gasteiger partial charge in [0.05, 0.1) is 19.8 Å². The largest absolute Gasteiger partial charge is 0.465 e. The Kier molecular flexibility index (Phi) is 5.90. The van der Waals surface area contributed by atoms with Crippen LogP contribution in [0.5, 0.6) is 0 Å². The number of piperazine rings is 1. The topological polar surface area (TPSA) is 62.3 Å². The molecule has 30 heavy (non-hydrogen) atoms. The van der Waals surface area contributed by atoms with Crippen molar-refractivity contribution in [2.45, 2.75) is 18.9 Å². The molecule has 4 rings (SSSR count). The molecule has 0 spiro atoms. The molecule has 7 heteroatoms. The molecule has 0 radical (unpaired) electrons. The van der Waals surface area contributed by atoms with Gasteiger partial charge in [-0.05, 0) is 55.8 Å². The van der Waals surface area contributed by atoms with E-state index in [-0.39, 0.29) is 11.3 Å². The third-order valence-electron chi connectivity index (χ3n) is 5.97. The zero-order valence-corrected chi connectivity index (χ0v) is 17.4. The second kappa shape index (κ2) is 8.75. The predicted octanol–water partition coefficient (Wildman–Crippen LogP) is 2.46. The standard InChI is InChI=1S/C23H27N3O4/c1-29-22(27)20-7-3-4-13-26(21(20)23(28)30-2)18-10-8-17(9-11-18)25-15-14-24-12-5-6-19(24)16-25/h3-4,7-11,13,19H,5-6,12,14-16H2,1-2H3. The Morgan fingerprint density at radius 2 is 1.67 bits per heavy atom. The average Bonchev–Trinajstić information content (AvgIpc) is 3.15. The van der Waals surface area contributed by atoms with Crippen LogP contribution in [0.15, 0.2) is 60.0 Å².